The summed E-state index contributed by atoms with van der Waals surface area (Å²) in [6, 6.07) is 5.64. The Bertz CT molecular complexity index is 334. The zero-order valence-corrected chi connectivity index (χ0v) is 11.2. The summed E-state index contributed by atoms with van der Waals surface area (Å²) in [6.07, 6.45) is 1.01. The topological polar surface area (TPSA) is 44.3 Å². The van der Waals surface area contributed by atoms with E-state index in [4.69, 9.17) is 28.3 Å². The third-order valence-corrected chi connectivity index (χ3v) is 3.20. The second-order valence-corrected chi connectivity index (χ2v) is 4.50. The van der Waals surface area contributed by atoms with Crippen molar-refractivity contribution in [2.75, 3.05) is 26.2 Å². The molecule has 17 heavy (non-hydrogen) atoms. The van der Waals surface area contributed by atoms with Crippen molar-refractivity contribution in [3.63, 3.8) is 0 Å². The monoisotopic (exact) mass is 276 g/mol. The van der Waals surface area contributed by atoms with E-state index < -0.39 is 0 Å². The first-order valence-corrected chi connectivity index (χ1v) is 6.46. The SMILES string of the molecule is OCCNCCCNCc1cccc(Cl)c1Cl. The van der Waals surface area contributed by atoms with Crippen LogP contribution >= 0.6 is 23.2 Å². The van der Waals surface area contributed by atoms with Gasteiger partial charge in [0.2, 0.25) is 0 Å². The van der Waals surface area contributed by atoms with Crippen LogP contribution in [0.2, 0.25) is 10.0 Å². The second kappa shape index (κ2) is 8.72. The summed E-state index contributed by atoms with van der Waals surface area (Å²) in [5.74, 6) is 0. The van der Waals surface area contributed by atoms with E-state index in [0.29, 0.717) is 16.6 Å². The van der Waals surface area contributed by atoms with Gasteiger partial charge in [0.05, 0.1) is 16.7 Å². The number of rotatable bonds is 8. The highest BCUT2D eigenvalue weighted by Crippen LogP contribution is 2.25. The molecule has 0 amide bonds. The third kappa shape index (κ3) is 5.70. The van der Waals surface area contributed by atoms with E-state index in [1.807, 2.05) is 12.1 Å². The van der Waals surface area contributed by atoms with Crippen LogP contribution in [0.15, 0.2) is 18.2 Å². The lowest BCUT2D eigenvalue weighted by atomic mass is 10.2. The molecule has 96 valence electrons. The second-order valence-electron chi connectivity index (χ2n) is 3.72. The summed E-state index contributed by atoms with van der Waals surface area (Å²) in [5, 5.41) is 16.2. The largest absolute Gasteiger partial charge is 0.395 e. The Kier molecular flexibility index (Phi) is 7.56. The minimum absolute atomic E-state index is 0.186. The van der Waals surface area contributed by atoms with E-state index in [-0.39, 0.29) is 6.61 Å². The lowest BCUT2D eigenvalue weighted by Gasteiger charge is -2.08. The van der Waals surface area contributed by atoms with Gasteiger partial charge < -0.3 is 15.7 Å². The predicted molar refractivity (Wildman–Crippen MR) is 72.7 cm³/mol. The van der Waals surface area contributed by atoms with Crippen LogP contribution in [-0.4, -0.2) is 31.3 Å². The van der Waals surface area contributed by atoms with Gasteiger partial charge in [0.25, 0.3) is 0 Å². The van der Waals surface area contributed by atoms with Crippen molar-refractivity contribution in [1.82, 2.24) is 10.6 Å². The van der Waals surface area contributed by atoms with Crippen LogP contribution in [-0.2, 0) is 6.54 Å². The molecule has 0 fully saturated rings. The van der Waals surface area contributed by atoms with Crippen LogP contribution in [0.1, 0.15) is 12.0 Å². The number of aliphatic hydroxyl groups is 1. The van der Waals surface area contributed by atoms with Gasteiger partial charge in [-0.1, -0.05) is 35.3 Å². The van der Waals surface area contributed by atoms with Crippen molar-refractivity contribution in [1.29, 1.82) is 0 Å². The molecule has 3 N–H and O–H groups in total. The molecule has 5 heteroatoms. The Labute approximate surface area is 112 Å². The first-order valence-electron chi connectivity index (χ1n) is 5.71. The summed E-state index contributed by atoms with van der Waals surface area (Å²) in [5.41, 5.74) is 1.02. The maximum absolute atomic E-state index is 8.57. The van der Waals surface area contributed by atoms with Gasteiger partial charge in [-0.3, -0.25) is 0 Å². The Morgan fingerprint density at radius 1 is 1.06 bits per heavy atom. The van der Waals surface area contributed by atoms with Gasteiger partial charge in [0.15, 0.2) is 0 Å². The Morgan fingerprint density at radius 3 is 2.59 bits per heavy atom. The highest BCUT2D eigenvalue weighted by Gasteiger charge is 2.02. The molecule has 0 atom stereocenters. The fraction of sp³-hybridized carbons (Fsp3) is 0.500. The van der Waals surface area contributed by atoms with E-state index in [1.54, 1.807) is 6.07 Å². The summed E-state index contributed by atoms with van der Waals surface area (Å²) in [6.45, 7) is 3.36. The first-order chi connectivity index (χ1) is 8.25. The molecule has 0 aliphatic carbocycles. The minimum atomic E-state index is 0.186. The van der Waals surface area contributed by atoms with Gasteiger partial charge in [-0.2, -0.15) is 0 Å². The van der Waals surface area contributed by atoms with Crippen molar-refractivity contribution in [2.24, 2.45) is 0 Å². The molecule has 0 heterocycles. The smallest absolute Gasteiger partial charge is 0.0637 e. The molecule has 0 unspecified atom stereocenters. The van der Waals surface area contributed by atoms with Gasteiger partial charge in [-0.15, -0.1) is 0 Å². The number of halogens is 2. The number of benzene rings is 1. The molecular formula is C12H18Cl2N2O. The molecule has 1 aromatic carbocycles. The average molecular weight is 277 g/mol. The van der Waals surface area contributed by atoms with E-state index in [2.05, 4.69) is 10.6 Å². The van der Waals surface area contributed by atoms with E-state index in [0.717, 1.165) is 31.6 Å². The molecule has 0 saturated heterocycles. The van der Waals surface area contributed by atoms with Crippen LogP contribution in [0.3, 0.4) is 0 Å². The molecule has 0 aliphatic heterocycles. The highest BCUT2D eigenvalue weighted by atomic mass is 35.5. The van der Waals surface area contributed by atoms with Crippen LogP contribution < -0.4 is 10.6 Å². The molecule has 0 aromatic heterocycles. The molecular weight excluding hydrogens is 259 g/mol. The Hall–Kier alpha value is -0.320. The van der Waals surface area contributed by atoms with Crippen LogP contribution in [0.25, 0.3) is 0 Å². The van der Waals surface area contributed by atoms with Crippen LogP contribution in [0, 0.1) is 0 Å². The van der Waals surface area contributed by atoms with Crippen molar-refractivity contribution in [2.45, 2.75) is 13.0 Å². The first kappa shape index (κ1) is 14.7. The van der Waals surface area contributed by atoms with Crippen molar-refractivity contribution >= 4 is 23.2 Å². The lowest BCUT2D eigenvalue weighted by Crippen LogP contribution is -2.23. The van der Waals surface area contributed by atoms with Crippen molar-refractivity contribution in [3.8, 4) is 0 Å². The number of hydrogen-bond donors (Lipinski definition) is 3. The maximum Gasteiger partial charge on any atom is 0.0637 e. The van der Waals surface area contributed by atoms with E-state index >= 15 is 0 Å². The number of aliphatic hydroxyl groups excluding tert-OH is 1. The molecule has 1 rings (SSSR count). The molecule has 0 bridgehead atoms. The van der Waals surface area contributed by atoms with Gasteiger partial charge in [-0.25, -0.2) is 0 Å². The van der Waals surface area contributed by atoms with E-state index in [9.17, 15) is 0 Å². The summed E-state index contributed by atoms with van der Waals surface area (Å²) in [4.78, 5) is 0. The maximum atomic E-state index is 8.57. The normalized spacial score (nSPS) is 10.8. The fourth-order valence-corrected chi connectivity index (χ4v) is 1.84. The van der Waals surface area contributed by atoms with E-state index in [1.165, 1.54) is 0 Å². The standard InChI is InChI=1S/C12H18Cl2N2O/c13-11-4-1-3-10(12(11)14)9-16-6-2-5-15-7-8-17/h1,3-4,15-17H,2,5-9H2. The number of nitrogens with one attached hydrogen (secondary N) is 2. The average Bonchev–Trinajstić information content (AvgIpc) is 2.33. The molecule has 0 spiro atoms. The molecule has 0 saturated carbocycles. The predicted octanol–water partition coefficient (Wildman–Crippen LogP) is 2.05. The Morgan fingerprint density at radius 2 is 1.82 bits per heavy atom. The summed E-state index contributed by atoms with van der Waals surface area (Å²) in [7, 11) is 0. The van der Waals surface area contributed by atoms with Crippen molar-refractivity contribution < 1.29 is 5.11 Å². The van der Waals surface area contributed by atoms with Crippen LogP contribution in [0.5, 0.6) is 0 Å². The van der Waals surface area contributed by atoms with Gasteiger partial charge in [-0.05, 0) is 31.1 Å². The van der Waals surface area contributed by atoms with Crippen molar-refractivity contribution in [3.05, 3.63) is 33.8 Å². The molecule has 0 aliphatic rings. The van der Waals surface area contributed by atoms with Gasteiger partial charge in [0, 0.05) is 13.1 Å². The minimum Gasteiger partial charge on any atom is -0.395 e. The highest BCUT2D eigenvalue weighted by molar-refractivity contribution is 6.42. The van der Waals surface area contributed by atoms with Crippen LogP contribution in [0.4, 0.5) is 0 Å². The lowest BCUT2D eigenvalue weighted by molar-refractivity contribution is 0.292. The zero-order chi connectivity index (χ0) is 12.5. The summed E-state index contributed by atoms with van der Waals surface area (Å²) < 4.78 is 0. The molecule has 3 nitrogen and oxygen atoms in total. The number of hydrogen-bond acceptors (Lipinski definition) is 3. The quantitative estimate of drug-likeness (QED) is 0.637. The third-order valence-electron chi connectivity index (χ3n) is 2.34. The Balaban J connectivity index is 2.16. The molecule has 1 aromatic rings. The van der Waals surface area contributed by atoms with Gasteiger partial charge in [0.1, 0.15) is 0 Å². The fourth-order valence-electron chi connectivity index (χ4n) is 1.45. The van der Waals surface area contributed by atoms with Gasteiger partial charge >= 0.3 is 0 Å². The zero-order valence-electron chi connectivity index (χ0n) is 9.68. The molecule has 0 radical (unpaired) electrons. The summed E-state index contributed by atoms with van der Waals surface area (Å²) >= 11 is 12.0.